The summed E-state index contributed by atoms with van der Waals surface area (Å²) in [6.45, 7) is 0.695. The Morgan fingerprint density at radius 1 is 1.14 bits per heavy atom. The SMILES string of the molecule is COC(=O)CCCCc1cc2c(o1)C[C@@H](OC1CCCCO1)[C@@H]2C=CC(=O)COc1ccccc1. The van der Waals surface area contributed by atoms with E-state index in [2.05, 4.69) is 6.07 Å². The van der Waals surface area contributed by atoms with E-state index in [9.17, 15) is 9.59 Å². The second kappa shape index (κ2) is 12.7. The third-order valence-electron chi connectivity index (χ3n) is 6.40. The summed E-state index contributed by atoms with van der Waals surface area (Å²) >= 11 is 0. The van der Waals surface area contributed by atoms with E-state index in [0.717, 1.165) is 55.6 Å². The summed E-state index contributed by atoms with van der Waals surface area (Å²) in [5.74, 6) is 2.06. The van der Waals surface area contributed by atoms with Crippen molar-refractivity contribution in [3.8, 4) is 5.75 Å². The third-order valence-corrected chi connectivity index (χ3v) is 6.40. The van der Waals surface area contributed by atoms with Crippen LogP contribution in [0.2, 0.25) is 0 Å². The number of hydrogen-bond donors (Lipinski definition) is 0. The second-order valence-corrected chi connectivity index (χ2v) is 9.00. The number of hydrogen-bond acceptors (Lipinski definition) is 7. The summed E-state index contributed by atoms with van der Waals surface area (Å²) in [5, 5.41) is 0. The molecule has 1 saturated heterocycles. The topological polar surface area (TPSA) is 84.2 Å². The number of methoxy groups -OCH3 is 1. The van der Waals surface area contributed by atoms with Crippen LogP contribution in [0.3, 0.4) is 0 Å². The average molecular weight is 483 g/mol. The summed E-state index contributed by atoms with van der Waals surface area (Å²) in [6.07, 6.45) is 9.56. The Balaban J connectivity index is 1.39. The van der Waals surface area contributed by atoms with Gasteiger partial charge >= 0.3 is 5.97 Å². The fraction of sp³-hybridized carbons (Fsp3) is 0.500. The van der Waals surface area contributed by atoms with Crippen molar-refractivity contribution in [2.75, 3.05) is 20.3 Å². The lowest BCUT2D eigenvalue weighted by Gasteiger charge is -2.28. The predicted octanol–water partition coefficient (Wildman–Crippen LogP) is 4.92. The molecule has 7 nitrogen and oxygen atoms in total. The summed E-state index contributed by atoms with van der Waals surface area (Å²) in [4.78, 5) is 23.8. The van der Waals surface area contributed by atoms with Crippen LogP contribution in [0.5, 0.6) is 5.75 Å². The van der Waals surface area contributed by atoms with Crippen molar-refractivity contribution in [1.29, 1.82) is 0 Å². The largest absolute Gasteiger partial charge is 0.485 e. The van der Waals surface area contributed by atoms with E-state index >= 15 is 0 Å². The number of fused-ring (bicyclic) bond motifs is 1. The molecule has 1 aliphatic heterocycles. The molecular weight excluding hydrogens is 448 g/mol. The Hall–Kier alpha value is -2.90. The Bertz CT molecular complexity index is 988. The molecule has 1 fully saturated rings. The summed E-state index contributed by atoms with van der Waals surface area (Å²) in [6, 6.07) is 11.4. The maximum absolute atomic E-state index is 12.5. The molecule has 3 atom stereocenters. The van der Waals surface area contributed by atoms with Crippen LogP contribution in [0.25, 0.3) is 0 Å². The van der Waals surface area contributed by atoms with Gasteiger partial charge in [-0.3, -0.25) is 9.59 Å². The van der Waals surface area contributed by atoms with Crippen molar-refractivity contribution in [3.63, 3.8) is 0 Å². The Labute approximate surface area is 206 Å². The fourth-order valence-electron chi connectivity index (χ4n) is 4.55. The first-order valence-electron chi connectivity index (χ1n) is 12.5. The van der Waals surface area contributed by atoms with Crippen LogP contribution in [0.15, 0.2) is 53.0 Å². The number of carbonyl (C=O) groups excluding carboxylic acids is 2. The van der Waals surface area contributed by atoms with Crippen LogP contribution in [0.1, 0.15) is 61.5 Å². The van der Waals surface area contributed by atoms with Crippen molar-refractivity contribution >= 4 is 11.8 Å². The highest BCUT2D eigenvalue weighted by atomic mass is 16.7. The van der Waals surface area contributed by atoms with E-state index in [-0.39, 0.29) is 36.7 Å². The number of benzene rings is 1. The lowest BCUT2D eigenvalue weighted by Crippen LogP contribution is -2.30. The first-order chi connectivity index (χ1) is 17.1. The summed E-state index contributed by atoms with van der Waals surface area (Å²) in [7, 11) is 1.41. The van der Waals surface area contributed by atoms with Gasteiger partial charge in [0, 0.05) is 37.4 Å². The Morgan fingerprint density at radius 2 is 2.00 bits per heavy atom. The van der Waals surface area contributed by atoms with Gasteiger partial charge in [0.2, 0.25) is 0 Å². The average Bonchev–Trinajstić information content (AvgIpc) is 3.42. The van der Waals surface area contributed by atoms with Gasteiger partial charge in [0.15, 0.2) is 18.7 Å². The standard InChI is InChI=1S/C28H34O7/c1-31-27(30)12-6-5-11-22-17-24-23(15-14-20(29)19-33-21-9-3-2-4-10-21)25(18-26(24)34-22)35-28-13-7-8-16-32-28/h2-4,9-10,14-15,17,23,25,28H,5-8,11-13,16,18-19H2,1H3/t23-,25-,28?/m1/s1. The van der Waals surface area contributed by atoms with Crippen molar-refractivity contribution < 1.29 is 33.0 Å². The van der Waals surface area contributed by atoms with Crippen molar-refractivity contribution in [3.05, 3.63) is 65.6 Å². The van der Waals surface area contributed by atoms with Crippen LogP contribution < -0.4 is 4.74 Å². The van der Waals surface area contributed by atoms with Gasteiger partial charge in [-0.2, -0.15) is 0 Å². The monoisotopic (exact) mass is 482 g/mol. The number of aryl methyl sites for hydroxylation is 1. The minimum Gasteiger partial charge on any atom is -0.485 e. The molecule has 2 heterocycles. The number of unbranched alkanes of at least 4 members (excludes halogenated alkanes) is 1. The molecule has 7 heteroatoms. The second-order valence-electron chi connectivity index (χ2n) is 9.00. The van der Waals surface area contributed by atoms with Gasteiger partial charge in [-0.05, 0) is 56.4 Å². The fourth-order valence-corrected chi connectivity index (χ4v) is 4.55. The highest BCUT2D eigenvalue weighted by Crippen LogP contribution is 2.40. The van der Waals surface area contributed by atoms with Crippen molar-refractivity contribution in [1.82, 2.24) is 0 Å². The number of carbonyl (C=O) groups is 2. The number of ether oxygens (including phenoxy) is 4. The molecule has 0 amide bonds. The normalized spacial score (nSPS) is 21.7. The van der Waals surface area contributed by atoms with Crippen LogP contribution >= 0.6 is 0 Å². The summed E-state index contributed by atoms with van der Waals surface area (Å²) < 4.78 is 28.5. The van der Waals surface area contributed by atoms with Gasteiger partial charge in [-0.1, -0.05) is 24.3 Å². The first kappa shape index (κ1) is 25.2. The lowest BCUT2D eigenvalue weighted by atomic mass is 9.99. The molecule has 2 aromatic rings. The quantitative estimate of drug-likeness (QED) is 0.241. The molecule has 1 aromatic heterocycles. The van der Waals surface area contributed by atoms with E-state index in [4.69, 9.17) is 23.4 Å². The minimum absolute atomic E-state index is 0.0197. The molecule has 2 aliphatic rings. The molecule has 4 rings (SSSR count). The van der Waals surface area contributed by atoms with E-state index in [1.807, 2.05) is 36.4 Å². The third kappa shape index (κ3) is 7.29. The molecule has 35 heavy (non-hydrogen) atoms. The maximum atomic E-state index is 12.5. The van der Waals surface area contributed by atoms with E-state index < -0.39 is 0 Å². The first-order valence-corrected chi connectivity index (χ1v) is 12.5. The molecule has 188 valence electrons. The molecule has 0 radical (unpaired) electrons. The lowest BCUT2D eigenvalue weighted by molar-refractivity contribution is -0.188. The zero-order valence-electron chi connectivity index (χ0n) is 20.3. The van der Waals surface area contributed by atoms with Gasteiger partial charge in [0.05, 0.1) is 13.2 Å². The molecule has 1 aromatic carbocycles. The number of esters is 1. The summed E-state index contributed by atoms with van der Waals surface area (Å²) in [5.41, 5.74) is 1.06. The molecular formula is C28H34O7. The minimum atomic E-state index is -0.219. The van der Waals surface area contributed by atoms with E-state index in [1.54, 1.807) is 6.08 Å². The van der Waals surface area contributed by atoms with Crippen LogP contribution in [0, 0.1) is 0 Å². The Kier molecular flexibility index (Phi) is 9.15. The maximum Gasteiger partial charge on any atom is 0.305 e. The van der Waals surface area contributed by atoms with E-state index in [0.29, 0.717) is 25.2 Å². The van der Waals surface area contributed by atoms with Crippen molar-refractivity contribution in [2.45, 2.75) is 69.7 Å². The van der Waals surface area contributed by atoms with Gasteiger partial charge in [0.25, 0.3) is 0 Å². The van der Waals surface area contributed by atoms with Crippen molar-refractivity contribution in [2.24, 2.45) is 0 Å². The van der Waals surface area contributed by atoms with Crippen LogP contribution in [-0.2, 0) is 36.6 Å². The zero-order chi connectivity index (χ0) is 24.5. The van der Waals surface area contributed by atoms with Crippen LogP contribution in [-0.4, -0.2) is 44.5 Å². The smallest absolute Gasteiger partial charge is 0.305 e. The predicted molar refractivity (Wildman–Crippen MR) is 129 cm³/mol. The molecule has 0 spiro atoms. The highest BCUT2D eigenvalue weighted by molar-refractivity contribution is 5.91. The van der Waals surface area contributed by atoms with Gasteiger partial charge in [0.1, 0.15) is 17.3 Å². The number of rotatable bonds is 12. The van der Waals surface area contributed by atoms with Gasteiger partial charge in [-0.15, -0.1) is 0 Å². The molecule has 1 aliphatic carbocycles. The van der Waals surface area contributed by atoms with Gasteiger partial charge in [-0.25, -0.2) is 0 Å². The highest BCUT2D eigenvalue weighted by Gasteiger charge is 2.37. The number of furan rings is 1. The van der Waals surface area contributed by atoms with Gasteiger partial charge < -0.3 is 23.4 Å². The zero-order valence-corrected chi connectivity index (χ0v) is 20.3. The van der Waals surface area contributed by atoms with Crippen LogP contribution in [0.4, 0.5) is 0 Å². The number of ketones is 1. The number of para-hydroxylation sites is 1. The van der Waals surface area contributed by atoms with E-state index in [1.165, 1.54) is 7.11 Å². The molecule has 1 unspecified atom stereocenters. The molecule has 0 saturated carbocycles. The molecule has 0 N–H and O–H groups in total. The molecule has 0 bridgehead atoms. The Morgan fingerprint density at radius 3 is 2.77 bits per heavy atom.